The lowest BCUT2D eigenvalue weighted by atomic mass is 10.1. The summed E-state index contributed by atoms with van der Waals surface area (Å²) in [6.07, 6.45) is 0. The monoisotopic (exact) mass is 243 g/mol. The Labute approximate surface area is 105 Å². The van der Waals surface area contributed by atoms with Gasteiger partial charge in [-0.1, -0.05) is 0 Å². The number of nitrogens with zero attached hydrogens (tertiary/aromatic N) is 2. The summed E-state index contributed by atoms with van der Waals surface area (Å²) in [6.45, 7) is 2.22. The number of benzene rings is 1. The maximum absolute atomic E-state index is 5.37. The van der Waals surface area contributed by atoms with Crippen LogP contribution in [0.3, 0.4) is 0 Å². The second-order valence-electron chi connectivity index (χ2n) is 4.04. The van der Waals surface area contributed by atoms with Crippen molar-refractivity contribution in [2.75, 3.05) is 19.2 Å². The third kappa shape index (κ3) is 1.84. The number of fused-ring (bicyclic) bond motifs is 1. The molecule has 5 nitrogen and oxygen atoms in total. The van der Waals surface area contributed by atoms with Crippen LogP contribution in [0.2, 0.25) is 0 Å². The summed E-state index contributed by atoms with van der Waals surface area (Å²) in [5, 5.41) is 2.95. The molecule has 1 aromatic carbocycles. The number of hydrogen-bond donors (Lipinski definition) is 1. The molecule has 2 heterocycles. The lowest BCUT2D eigenvalue weighted by Crippen LogP contribution is -1.99. The fourth-order valence-corrected chi connectivity index (χ4v) is 1.88. The van der Waals surface area contributed by atoms with Gasteiger partial charge in [0.05, 0.1) is 5.69 Å². The van der Waals surface area contributed by atoms with E-state index in [0.717, 1.165) is 28.5 Å². The van der Waals surface area contributed by atoms with Gasteiger partial charge in [-0.05, 0) is 31.2 Å². The highest BCUT2D eigenvalue weighted by Crippen LogP contribution is 2.35. The van der Waals surface area contributed by atoms with E-state index >= 15 is 0 Å². The van der Waals surface area contributed by atoms with Gasteiger partial charge in [0.25, 0.3) is 0 Å². The molecule has 1 N–H and O–H groups in total. The Kier molecular flexibility index (Phi) is 2.51. The second kappa shape index (κ2) is 4.18. The van der Waals surface area contributed by atoms with Gasteiger partial charge in [-0.3, -0.25) is 0 Å². The van der Waals surface area contributed by atoms with E-state index in [1.54, 1.807) is 7.05 Å². The van der Waals surface area contributed by atoms with Crippen molar-refractivity contribution in [3.63, 3.8) is 0 Å². The van der Waals surface area contributed by atoms with E-state index in [1.807, 2.05) is 31.2 Å². The molecule has 1 aromatic heterocycles. The second-order valence-corrected chi connectivity index (χ2v) is 4.04. The number of aromatic nitrogens is 2. The SMILES string of the molecule is CNc1nc(C)cc(-c2ccc3c(c2)OCO3)n1. The standard InChI is InChI=1S/C13H13N3O2/c1-8-5-10(16-13(14-2)15-8)9-3-4-11-12(6-9)18-7-17-11/h3-6H,7H2,1-2H3,(H,14,15,16). The van der Waals surface area contributed by atoms with E-state index < -0.39 is 0 Å². The Morgan fingerprint density at radius 3 is 2.78 bits per heavy atom. The van der Waals surface area contributed by atoms with Gasteiger partial charge in [0.15, 0.2) is 11.5 Å². The van der Waals surface area contributed by atoms with Crippen molar-refractivity contribution in [1.29, 1.82) is 0 Å². The van der Waals surface area contributed by atoms with Crippen molar-refractivity contribution in [3.8, 4) is 22.8 Å². The van der Waals surface area contributed by atoms with Crippen molar-refractivity contribution in [1.82, 2.24) is 9.97 Å². The van der Waals surface area contributed by atoms with Gasteiger partial charge in [0.1, 0.15) is 0 Å². The maximum Gasteiger partial charge on any atom is 0.231 e. The fraction of sp³-hybridized carbons (Fsp3) is 0.231. The average Bonchev–Trinajstić information content (AvgIpc) is 2.85. The van der Waals surface area contributed by atoms with Crippen molar-refractivity contribution < 1.29 is 9.47 Å². The van der Waals surface area contributed by atoms with Gasteiger partial charge < -0.3 is 14.8 Å². The first-order valence-electron chi connectivity index (χ1n) is 5.70. The van der Waals surface area contributed by atoms with Crippen LogP contribution in [0.4, 0.5) is 5.95 Å². The third-order valence-electron chi connectivity index (χ3n) is 2.75. The minimum absolute atomic E-state index is 0.281. The molecule has 92 valence electrons. The molecular formula is C13H13N3O2. The lowest BCUT2D eigenvalue weighted by Gasteiger charge is -2.06. The van der Waals surface area contributed by atoms with Crippen LogP contribution in [0.1, 0.15) is 5.69 Å². The van der Waals surface area contributed by atoms with Crippen LogP contribution < -0.4 is 14.8 Å². The quantitative estimate of drug-likeness (QED) is 0.876. The van der Waals surface area contributed by atoms with Crippen LogP contribution in [0.5, 0.6) is 11.5 Å². The molecule has 18 heavy (non-hydrogen) atoms. The maximum atomic E-state index is 5.37. The lowest BCUT2D eigenvalue weighted by molar-refractivity contribution is 0.174. The van der Waals surface area contributed by atoms with E-state index in [9.17, 15) is 0 Å². The van der Waals surface area contributed by atoms with E-state index in [0.29, 0.717) is 5.95 Å². The molecule has 3 rings (SSSR count). The Bertz CT molecular complexity index is 599. The molecule has 0 fully saturated rings. The van der Waals surface area contributed by atoms with Crippen LogP contribution in [0, 0.1) is 6.92 Å². The highest BCUT2D eigenvalue weighted by atomic mass is 16.7. The first kappa shape index (κ1) is 10.8. The molecule has 0 aliphatic carbocycles. The largest absolute Gasteiger partial charge is 0.454 e. The van der Waals surface area contributed by atoms with E-state index in [2.05, 4.69) is 15.3 Å². The molecule has 0 saturated heterocycles. The molecule has 1 aliphatic heterocycles. The van der Waals surface area contributed by atoms with Gasteiger partial charge in [0.2, 0.25) is 12.7 Å². The molecule has 2 aromatic rings. The highest BCUT2D eigenvalue weighted by Gasteiger charge is 2.14. The molecule has 0 saturated carbocycles. The molecular weight excluding hydrogens is 230 g/mol. The van der Waals surface area contributed by atoms with Crippen molar-refractivity contribution in [3.05, 3.63) is 30.0 Å². The number of nitrogens with one attached hydrogen (secondary N) is 1. The van der Waals surface area contributed by atoms with Crippen molar-refractivity contribution in [2.24, 2.45) is 0 Å². The third-order valence-corrected chi connectivity index (χ3v) is 2.75. The predicted molar refractivity (Wildman–Crippen MR) is 67.9 cm³/mol. The smallest absolute Gasteiger partial charge is 0.231 e. The Hall–Kier alpha value is -2.30. The summed E-state index contributed by atoms with van der Waals surface area (Å²) in [5.41, 5.74) is 2.77. The van der Waals surface area contributed by atoms with Gasteiger partial charge >= 0.3 is 0 Å². The van der Waals surface area contributed by atoms with E-state index in [1.165, 1.54) is 0 Å². The van der Waals surface area contributed by atoms with Crippen LogP contribution in [0.15, 0.2) is 24.3 Å². The first-order chi connectivity index (χ1) is 8.76. The van der Waals surface area contributed by atoms with E-state index in [-0.39, 0.29) is 6.79 Å². The van der Waals surface area contributed by atoms with Gasteiger partial charge in [-0.25, -0.2) is 9.97 Å². The summed E-state index contributed by atoms with van der Waals surface area (Å²) in [6, 6.07) is 7.74. The zero-order valence-electron chi connectivity index (χ0n) is 10.2. The van der Waals surface area contributed by atoms with Crippen LogP contribution in [0.25, 0.3) is 11.3 Å². The number of aryl methyl sites for hydroxylation is 1. The summed E-state index contributed by atoms with van der Waals surface area (Å²) in [4.78, 5) is 8.70. The van der Waals surface area contributed by atoms with E-state index in [4.69, 9.17) is 9.47 Å². The molecule has 0 amide bonds. The Balaban J connectivity index is 2.06. The topological polar surface area (TPSA) is 56.3 Å². The van der Waals surface area contributed by atoms with Gasteiger partial charge in [-0.2, -0.15) is 0 Å². The zero-order valence-corrected chi connectivity index (χ0v) is 10.2. The summed E-state index contributed by atoms with van der Waals surface area (Å²) in [5.74, 6) is 2.15. The molecule has 1 aliphatic rings. The molecule has 0 unspecified atom stereocenters. The first-order valence-corrected chi connectivity index (χ1v) is 5.70. The van der Waals surface area contributed by atoms with Crippen LogP contribution >= 0.6 is 0 Å². The summed E-state index contributed by atoms with van der Waals surface area (Å²) < 4.78 is 10.7. The normalized spacial score (nSPS) is 12.6. The van der Waals surface area contributed by atoms with Gasteiger partial charge in [-0.15, -0.1) is 0 Å². The van der Waals surface area contributed by atoms with Crippen LogP contribution in [-0.2, 0) is 0 Å². The van der Waals surface area contributed by atoms with Gasteiger partial charge in [0, 0.05) is 18.3 Å². The number of hydrogen-bond acceptors (Lipinski definition) is 5. The van der Waals surface area contributed by atoms with Crippen LogP contribution in [-0.4, -0.2) is 23.8 Å². The number of ether oxygens (including phenoxy) is 2. The molecule has 5 heteroatoms. The highest BCUT2D eigenvalue weighted by molar-refractivity contribution is 5.65. The zero-order chi connectivity index (χ0) is 12.5. The molecule has 0 radical (unpaired) electrons. The summed E-state index contributed by atoms with van der Waals surface area (Å²) in [7, 11) is 1.80. The van der Waals surface area contributed by atoms with Crippen molar-refractivity contribution in [2.45, 2.75) is 6.92 Å². The number of rotatable bonds is 2. The average molecular weight is 243 g/mol. The Morgan fingerprint density at radius 1 is 1.11 bits per heavy atom. The minimum atomic E-state index is 0.281. The Morgan fingerprint density at radius 2 is 1.94 bits per heavy atom. The number of anilines is 1. The predicted octanol–water partition coefficient (Wildman–Crippen LogP) is 2.22. The molecule has 0 atom stereocenters. The fourth-order valence-electron chi connectivity index (χ4n) is 1.88. The summed E-state index contributed by atoms with van der Waals surface area (Å²) >= 11 is 0. The molecule has 0 spiro atoms. The van der Waals surface area contributed by atoms with Crippen molar-refractivity contribution >= 4 is 5.95 Å². The molecule has 0 bridgehead atoms. The minimum Gasteiger partial charge on any atom is -0.454 e.